The quantitative estimate of drug-likeness (QED) is 0.837. The zero-order chi connectivity index (χ0) is 13.1. The first-order chi connectivity index (χ1) is 8.56. The Balaban J connectivity index is 2.24. The molecule has 1 amide bonds. The van der Waals surface area contributed by atoms with E-state index in [4.69, 9.17) is 23.2 Å². The minimum atomic E-state index is -0.238. The van der Waals surface area contributed by atoms with E-state index in [9.17, 15) is 4.79 Å². The van der Waals surface area contributed by atoms with Gasteiger partial charge < -0.3 is 0 Å². The van der Waals surface area contributed by atoms with Crippen LogP contribution in [-0.2, 0) is 0 Å². The van der Waals surface area contributed by atoms with Gasteiger partial charge in [0, 0.05) is 0 Å². The van der Waals surface area contributed by atoms with E-state index in [0.717, 1.165) is 4.35 Å². The molecule has 0 atom stereocenters. The molecule has 0 fully saturated rings. The summed E-state index contributed by atoms with van der Waals surface area (Å²) in [4.78, 5) is 12.0. The standard InChI is InChI=1S/C13H8AsCl2NO/c14-9-4-5-11(16)12(7-9)17-13(18)8-2-1-3-10(15)6-8/h1-7H,(H,17,18). The van der Waals surface area contributed by atoms with Crippen molar-refractivity contribution in [2.75, 3.05) is 5.32 Å². The first-order valence-corrected chi connectivity index (χ1v) is 6.81. The first-order valence-electron chi connectivity index (χ1n) is 5.12. The Labute approximate surface area is 124 Å². The second-order valence-corrected chi connectivity index (χ2v) is 5.56. The van der Waals surface area contributed by atoms with Crippen molar-refractivity contribution < 1.29 is 4.79 Å². The molecule has 18 heavy (non-hydrogen) atoms. The predicted molar refractivity (Wildman–Crippen MR) is 76.2 cm³/mol. The monoisotopic (exact) mass is 339 g/mol. The van der Waals surface area contributed by atoms with Gasteiger partial charge in [0.2, 0.25) is 0 Å². The van der Waals surface area contributed by atoms with Crippen LogP contribution in [0.5, 0.6) is 0 Å². The van der Waals surface area contributed by atoms with Crippen LogP contribution in [0.1, 0.15) is 10.4 Å². The van der Waals surface area contributed by atoms with E-state index in [1.807, 2.05) is 6.07 Å². The van der Waals surface area contributed by atoms with Crippen LogP contribution in [0.15, 0.2) is 42.5 Å². The van der Waals surface area contributed by atoms with E-state index >= 15 is 0 Å². The Kier molecular flexibility index (Phi) is 4.34. The van der Waals surface area contributed by atoms with Crippen molar-refractivity contribution in [2.45, 2.75) is 0 Å². The molecule has 2 rings (SSSR count). The van der Waals surface area contributed by atoms with Crippen LogP contribution in [0.3, 0.4) is 0 Å². The van der Waals surface area contributed by atoms with Crippen LogP contribution in [0.2, 0.25) is 10.0 Å². The molecule has 0 aromatic heterocycles. The average Bonchev–Trinajstić information content (AvgIpc) is 2.34. The Morgan fingerprint density at radius 3 is 2.61 bits per heavy atom. The molecule has 2 radical (unpaired) electrons. The van der Waals surface area contributed by atoms with Crippen molar-refractivity contribution in [1.29, 1.82) is 0 Å². The third-order valence-electron chi connectivity index (χ3n) is 2.28. The van der Waals surface area contributed by atoms with Crippen LogP contribution in [-0.4, -0.2) is 22.8 Å². The van der Waals surface area contributed by atoms with Crippen molar-refractivity contribution in [3.63, 3.8) is 0 Å². The third-order valence-corrected chi connectivity index (χ3v) is 3.43. The van der Waals surface area contributed by atoms with E-state index in [1.54, 1.807) is 36.4 Å². The molecule has 5 heteroatoms. The van der Waals surface area contributed by atoms with Gasteiger partial charge in [-0.15, -0.1) is 0 Å². The summed E-state index contributed by atoms with van der Waals surface area (Å²) >= 11 is 14.2. The second kappa shape index (κ2) is 5.79. The van der Waals surface area contributed by atoms with Gasteiger partial charge in [0.1, 0.15) is 0 Å². The number of amides is 1. The van der Waals surface area contributed by atoms with Gasteiger partial charge in [-0.05, 0) is 0 Å². The molecule has 2 aromatic rings. The molecular weight excluding hydrogens is 332 g/mol. The molecule has 2 nitrogen and oxygen atoms in total. The summed E-state index contributed by atoms with van der Waals surface area (Å²) in [5.74, 6) is -0.238. The Hall–Kier alpha value is -0.952. The van der Waals surface area contributed by atoms with Gasteiger partial charge in [0.15, 0.2) is 0 Å². The minimum absolute atomic E-state index is 0.238. The molecule has 0 saturated heterocycles. The van der Waals surface area contributed by atoms with E-state index in [2.05, 4.69) is 22.2 Å². The molecule has 0 aliphatic carbocycles. The number of carbonyl (C=O) groups excluding carboxylic acids is 1. The molecule has 0 aliphatic rings. The summed E-state index contributed by atoms with van der Waals surface area (Å²) in [5.41, 5.74) is 1.08. The summed E-state index contributed by atoms with van der Waals surface area (Å²) in [6, 6.07) is 12.1. The summed E-state index contributed by atoms with van der Waals surface area (Å²) in [6.07, 6.45) is 0. The number of carbonyl (C=O) groups is 1. The van der Waals surface area contributed by atoms with Gasteiger partial charge in [0.05, 0.1) is 0 Å². The van der Waals surface area contributed by atoms with Gasteiger partial charge in [0.25, 0.3) is 0 Å². The maximum absolute atomic E-state index is 12.0. The summed E-state index contributed by atoms with van der Waals surface area (Å²) < 4.78 is 0.966. The normalized spacial score (nSPS) is 10.2. The van der Waals surface area contributed by atoms with E-state index in [0.29, 0.717) is 21.3 Å². The van der Waals surface area contributed by atoms with Crippen LogP contribution in [0.4, 0.5) is 5.69 Å². The Morgan fingerprint density at radius 1 is 1.11 bits per heavy atom. The van der Waals surface area contributed by atoms with Crippen LogP contribution >= 0.6 is 23.2 Å². The third kappa shape index (κ3) is 3.29. The topological polar surface area (TPSA) is 29.1 Å². The van der Waals surface area contributed by atoms with E-state index in [1.165, 1.54) is 0 Å². The molecule has 0 spiro atoms. The maximum atomic E-state index is 12.0. The molecule has 0 saturated carbocycles. The van der Waals surface area contributed by atoms with Gasteiger partial charge in [-0.2, -0.15) is 0 Å². The number of benzene rings is 2. The number of nitrogens with one attached hydrogen (secondary N) is 1. The zero-order valence-corrected chi connectivity index (χ0v) is 12.5. The molecule has 0 aliphatic heterocycles. The molecule has 0 bridgehead atoms. The van der Waals surface area contributed by atoms with Crippen LogP contribution in [0.25, 0.3) is 0 Å². The molecule has 90 valence electrons. The van der Waals surface area contributed by atoms with Gasteiger partial charge in [-0.3, -0.25) is 0 Å². The number of rotatable bonds is 2. The van der Waals surface area contributed by atoms with Crippen LogP contribution in [0, 0.1) is 0 Å². The fourth-order valence-electron chi connectivity index (χ4n) is 1.43. The van der Waals surface area contributed by atoms with Crippen molar-refractivity contribution in [3.8, 4) is 0 Å². The molecule has 2 aromatic carbocycles. The molecule has 0 heterocycles. The number of halogens is 2. The first kappa shape index (κ1) is 13.5. The summed E-state index contributed by atoms with van der Waals surface area (Å²) in [6.45, 7) is 0. The Bertz CT molecular complexity index is 601. The second-order valence-electron chi connectivity index (χ2n) is 3.63. The van der Waals surface area contributed by atoms with Crippen molar-refractivity contribution in [2.24, 2.45) is 0 Å². The summed E-state index contributed by atoms with van der Waals surface area (Å²) in [7, 11) is 0. The fourth-order valence-corrected chi connectivity index (χ4v) is 2.22. The fraction of sp³-hybridized carbons (Fsp3) is 0. The number of anilines is 1. The average molecular weight is 340 g/mol. The number of hydrogen-bond donors (Lipinski definition) is 1. The SMILES string of the molecule is O=C(Nc1cc([As])ccc1Cl)c1cccc(Cl)c1. The van der Waals surface area contributed by atoms with Gasteiger partial charge in [-0.1, -0.05) is 0 Å². The van der Waals surface area contributed by atoms with E-state index in [-0.39, 0.29) is 5.91 Å². The molecule has 1 N–H and O–H groups in total. The van der Waals surface area contributed by atoms with Crippen molar-refractivity contribution in [1.82, 2.24) is 0 Å². The van der Waals surface area contributed by atoms with Crippen molar-refractivity contribution >= 4 is 56.0 Å². The zero-order valence-electron chi connectivity index (χ0n) is 9.15. The summed E-state index contributed by atoms with van der Waals surface area (Å²) in [5, 5.41) is 3.78. The molecule has 0 unspecified atom stereocenters. The van der Waals surface area contributed by atoms with E-state index < -0.39 is 0 Å². The predicted octanol–water partition coefficient (Wildman–Crippen LogP) is 3.04. The number of hydrogen-bond acceptors (Lipinski definition) is 1. The van der Waals surface area contributed by atoms with Crippen LogP contribution < -0.4 is 9.67 Å². The Morgan fingerprint density at radius 2 is 1.89 bits per heavy atom. The van der Waals surface area contributed by atoms with Gasteiger partial charge >= 0.3 is 124 Å². The molecular formula is C13H8AsCl2NO. The van der Waals surface area contributed by atoms with Gasteiger partial charge in [-0.25, -0.2) is 0 Å². The van der Waals surface area contributed by atoms with Crippen molar-refractivity contribution in [3.05, 3.63) is 58.1 Å².